The second-order valence-corrected chi connectivity index (χ2v) is 23.5. The fraction of sp³-hybridized carbons (Fsp3) is 0.266. The number of ether oxygens (including phenoxy) is 1. The second kappa shape index (κ2) is 16.1. The van der Waals surface area contributed by atoms with Crippen molar-refractivity contribution in [3.8, 4) is 39.6 Å². The molecule has 0 aliphatic carbocycles. The van der Waals surface area contributed by atoms with Crippen LogP contribution in [-0.4, -0.2) is 16.2 Å². The van der Waals surface area contributed by atoms with E-state index in [1.807, 2.05) is 24.4 Å². The summed E-state index contributed by atoms with van der Waals surface area (Å²) in [7, 11) is 0. The van der Waals surface area contributed by atoms with Crippen LogP contribution in [0.5, 0.6) is 11.5 Å². The van der Waals surface area contributed by atoms with E-state index in [9.17, 15) is 0 Å². The Balaban J connectivity index is 1.02. The van der Waals surface area contributed by atoms with Crippen LogP contribution in [0.2, 0.25) is 0 Å². The summed E-state index contributed by atoms with van der Waals surface area (Å²) in [5.41, 5.74) is 18.1. The van der Waals surface area contributed by atoms with Crippen LogP contribution >= 0.6 is 0 Å². The Labute approximate surface area is 413 Å². The van der Waals surface area contributed by atoms with Crippen molar-refractivity contribution in [2.45, 2.75) is 105 Å². The summed E-state index contributed by atoms with van der Waals surface area (Å²) in [6.07, 6.45) is 1.92. The molecule has 11 rings (SSSR count). The van der Waals surface area contributed by atoms with E-state index in [4.69, 9.17) is 14.1 Å². The maximum absolute atomic E-state index is 6.89. The molecule has 0 saturated heterocycles. The van der Waals surface area contributed by atoms with Crippen LogP contribution in [0.4, 0.5) is 22.7 Å². The maximum atomic E-state index is 6.89. The van der Waals surface area contributed by atoms with Gasteiger partial charge in [0, 0.05) is 41.2 Å². The zero-order chi connectivity index (χ0) is 49.1. The molecule has 1 aliphatic rings. The van der Waals surface area contributed by atoms with E-state index in [0.29, 0.717) is 12.4 Å². The van der Waals surface area contributed by atoms with Crippen LogP contribution in [0, 0.1) is 0 Å². The molecule has 0 atom stereocenters. The molecule has 0 spiro atoms. The molecule has 0 saturated carbocycles. The Bertz CT molecular complexity index is 3590. The van der Waals surface area contributed by atoms with E-state index in [2.05, 4.69) is 231 Å². The third kappa shape index (κ3) is 7.88. The number of fused-ring (bicyclic) bond motifs is 1. The van der Waals surface area contributed by atoms with Crippen molar-refractivity contribution >= 4 is 55.7 Å². The van der Waals surface area contributed by atoms with Gasteiger partial charge in [-0.3, -0.25) is 4.57 Å². The van der Waals surface area contributed by atoms with Gasteiger partial charge >= 0.3 is 0 Å². The first-order chi connectivity index (χ1) is 33.2. The predicted molar refractivity (Wildman–Crippen MR) is 294 cm³/mol. The standard InChI is InChI=1S/C64H64N4O2/c1-61(2,3)42-20-15-19-40(31-42)49-23-17-24-50(41-32-44(63(7,8)9)34-45(33-41)64(10,11)12)60(49)67-39-66(51-25-13-14-26-52(51)67)46-21-16-22-47(36-46)69-48-37-54-59-56(38-48)70-55-28-18-27-53(58(55)59)68(54)57-35-43(29-30-65-57)62(4,5)6/h13-38H,39H2,1-12H3. The van der Waals surface area contributed by atoms with Crippen molar-refractivity contribution in [2.75, 3.05) is 16.5 Å². The van der Waals surface area contributed by atoms with Crippen LogP contribution in [-0.2, 0) is 21.7 Å². The van der Waals surface area contributed by atoms with Gasteiger partial charge in [0.25, 0.3) is 0 Å². The van der Waals surface area contributed by atoms with Crippen LogP contribution in [0.1, 0.15) is 105 Å². The lowest BCUT2D eigenvalue weighted by Crippen LogP contribution is -2.25. The molecule has 352 valence electrons. The predicted octanol–water partition coefficient (Wildman–Crippen LogP) is 17.9. The van der Waals surface area contributed by atoms with E-state index < -0.39 is 0 Å². The molecule has 70 heavy (non-hydrogen) atoms. The SMILES string of the molecule is CC(C)(C)c1cccc(-c2cccc(-c3cc(C(C)(C)C)cc(C(C)(C)C)c3)c2N2CN(c3cccc(Oc4cc5oc6cccc7c6c5c(c4)n7-c4cc(C(C)(C)C)ccn4)c3)c3ccccc32)c1. The minimum absolute atomic E-state index is 0.00590. The normalized spacial score (nSPS) is 13.6. The molecule has 6 nitrogen and oxygen atoms in total. The van der Waals surface area contributed by atoms with Gasteiger partial charge in [-0.15, -0.1) is 0 Å². The number of rotatable bonds is 7. The molecule has 4 heterocycles. The molecule has 0 unspecified atom stereocenters. The molecule has 0 radical (unpaired) electrons. The van der Waals surface area contributed by atoms with E-state index >= 15 is 0 Å². The fourth-order valence-corrected chi connectivity index (χ4v) is 10.3. The highest BCUT2D eigenvalue weighted by Gasteiger charge is 2.33. The number of pyridine rings is 1. The maximum Gasteiger partial charge on any atom is 0.141 e. The lowest BCUT2D eigenvalue weighted by molar-refractivity contribution is 0.482. The first kappa shape index (κ1) is 45.2. The number of furan rings is 1. The van der Waals surface area contributed by atoms with Gasteiger partial charge in [0.2, 0.25) is 0 Å². The van der Waals surface area contributed by atoms with Crippen molar-refractivity contribution in [1.29, 1.82) is 0 Å². The van der Waals surface area contributed by atoms with Gasteiger partial charge in [-0.1, -0.05) is 168 Å². The largest absolute Gasteiger partial charge is 0.457 e. The van der Waals surface area contributed by atoms with Crippen molar-refractivity contribution in [3.63, 3.8) is 0 Å². The Morgan fingerprint density at radius 2 is 1.06 bits per heavy atom. The zero-order valence-electron chi connectivity index (χ0n) is 42.8. The summed E-state index contributed by atoms with van der Waals surface area (Å²) in [5, 5.41) is 2.18. The van der Waals surface area contributed by atoms with Crippen molar-refractivity contribution in [3.05, 3.63) is 180 Å². The molecular weight excluding hydrogens is 857 g/mol. The van der Waals surface area contributed by atoms with Gasteiger partial charge in [-0.2, -0.15) is 0 Å². The fourth-order valence-electron chi connectivity index (χ4n) is 10.3. The molecule has 0 amide bonds. The number of benzene rings is 7. The average Bonchev–Trinajstić information content (AvgIpc) is 4.00. The Hall–Kier alpha value is -7.31. The monoisotopic (exact) mass is 921 g/mol. The summed E-state index contributed by atoms with van der Waals surface area (Å²) in [5.74, 6) is 2.30. The van der Waals surface area contributed by atoms with E-state index in [1.165, 1.54) is 50.2 Å². The van der Waals surface area contributed by atoms with E-state index in [0.717, 1.165) is 61.6 Å². The van der Waals surface area contributed by atoms with Gasteiger partial charge < -0.3 is 19.0 Å². The van der Waals surface area contributed by atoms with Crippen LogP contribution in [0.25, 0.3) is 61.0 Å². The Morgan fingerprint density at radius 1 is 0.457 bits per heavy atom. The third-order valence-electron chi connectivity index (χ3n) is 14.3. The molecule has 10 aromatic rings. The third-order valence-corrected chi connectivity index (χ3v) is 14.3. The summed E-state index contributed by atoms with van der Waals surface area (Å²) in [4.78, 5) is 9.86. The zero-order valence-corrected chi connectivity index (χ0v) is 42.8. The second-order valence-electron chi connectivity index (χ2n) is 23.5. The van der Waals surface area contributed by atoms with Gasteiger partial charge in [0.15, 0.2) is 0 Å². The summed E-state index contributed by atoms with van der Waals surface area (Å²) in [6.45, 7) is 28.1. The van der Waals surface area contributed by atoms with Crippen molar-refractivity contribution in [1.82, 2.24) is 9.55 Å². The molecule has 3 aromatic heterocycles. The minimum atomic E-state index is -0.0353. The molecule has 6 heteroatoms. The van der Waals surface area contributed by atoms with E-state index in [-0.39, 0.29) is 21.7 Å². The topological polar surface area (TPSA) is 46.7 Å². The molecule has 7 aromatic carbocycles. The average molecular weight is 921 g/mol. The minimum Gasteiger partial charge on any atom is -0.457 e. The number of para-hydroxylation sites is 3. The highest BCUT2D eigenvalue weighted by atomic mass is 16.5. The summed E-state index contributed by atoms with van der Waals surface area (Å²) in [6, 6.07) is 55.3. The van der Waals surface area contributed by atoms with Crippen LogP contribution < -0.4 is 14.5 Å². The van der Waals surface area contributed by atoms with E-state index in [1.54, 1.807) is 0 Å². The quantitative estimate of drug-likeness (QED) is 0.159. The smallest absolute Gasteiger partial charge is 0.141 e. The van der Waals surface area contributed by atoms with Crippen molar-refractivity contribution < 1.29 is 9.15 Å². The number of hydrogen-bond acceptors (Lipinski definition) is 5. The van der Waals surface area contributed by atoms with Gasteiger partial charge in [-0.25, -0.2) is 4.98 Å². The number of hydrogen-bond donors (Lipinski definition) is 0. The number of anilines is 4. The Kier molecular flexibility index (Phi) is 10.4. The van der Waals surface area contributed by atoms with Crippen LogP contribution in [0.15, 0.2) is 162 Å². The number of nitrogens with zero attached hydrogens (tertiary/aromatic N) is 4. The lowest BCUT2D eigenvalue weighted by atomic mass is 9.78. The first-order valence-corrected chi connectivity index (χ1v) is 24.8. The molecular formula is C64H64N4O2. The van der Waals surface area contributed by atoms with Gasteiger partial charge in [-0.05, 0) is 104 Å². The molecule has 0 N–H and O–H groups in total. The molecule has 1 aliphatic heterocycles. The van der Waals surface area contributed by atoms with Gasteiger partial charge in [0.1, 0.15) is 35.2 Å². The summed E-state index contributed by atoms with van der Waals surface area (Å²) >= 11 is 0. The highest BCUT2D eigenvalue weighted by molar-refractivity contribution is 6.23. The van der Waals surface area contributed by atoms with Crippen molar-refractivity contribution in [2.24, 2.45) is 0 Å². The molecule has 0 fully saturated rings. The van der Waals surface area contributed by atoms with Gasteiger partial charge in [0.05, 0.1) is 38.9 Å². The Morgan fingerprint density at radius 3 is 1.76 bits per heavy atom. The lowest BCUT2D eigenvalue weighted by Gasteiger charge is -2.30. The molecule has 0 bridgehead atoms. The highest BCUT2D eigenvalue weighted by Crippen LogP contribution is 2.52. The summed E-state index contributed by atoms with van der Waals surface area (Å²) < 4.78 is 15.7. The van der Waals surface area contributed by atoms with Crippen LogP contribution in [0.3, 0.4) is 0 Å². The number of aromatic nitrogens is 2. The first-order valence-electron chi connectivity index (χ1n) is 24.8.